The predicted octanol–water partition coefficient (Wildman–Crippen LogP) is 2.95. The summed E-state index contributed by atoms with van der Waals surface area (Å²) in [6.07, 6.45) is 1.20. The Bertz CT molecular complexity index is 896. The van der Waals surface area contributed by atoms with Gasteiger partial charge in [-0.05, 0) is 36.4 Å². The van der Waals surface area contributed by atoms with Crippen LogP contribution in [0.5, 0.6) is 5.75 Å². The summed E-state index contributed by atoms with van der Waals surface area (Å²) in [7, 11) is 1.49. The minimum Gasteiger partial charge on any atom is -0.494 e. The van der Waals surface area contributed by atoms with E-state index in [0.717, 1.165) is 4.90 Å². The normalized spacial score (nSPS) is 17.5. The number of benzene rings is 2. The SMILES string of the molecule is COc1ccccc1N=C[C@H]1C(=O)NC(=O)N(c2ccc(Cl)cc2)C1=O. The Morgan fingerprint density at radius 2 is 1.81 bits per heavy atom. The maximum absolute atomic E-state index is 12.7. The van der Waals surface area contributed by atoms with Crippen LogP contribution in [0.1, 0.15) is 0 Å². The molecule has 1 atom stereocenters. The van der Waals surface area contributed by atoms with E-state index in [0.29, 0.717) is 22.1 Å². The van der Waals surface area contributed by atoms with E-state index in [4.69, 9.17) is 16.3 Å². The van der Waals surface area contributed by atoms with Crippen molar-refractivity contribution in [3.63, 3.8) is 0 Å². The number of amides is 4. The molecule has 0 saturated carbocycles. The van der Waals surface area contributed by atoms with Gasteiger partial charge in [0, 0.05) is 11.2 Å². The van der Waals surface area contributed by atoms with Gasteiger partial charge in [-0.3, -0.25) is 19.9 Å². The van der Waals surface area contributed by atoms with Crippen molar-refractivity contribution >= 4 is 47.0 Å². The van der Waals surface area contributed by atoms with Crippen molar-refractivity contribution in [1.82, 2.24) is 5.32 Å². The molecular weight excluding hydrogens is 358 g/mol. The number of ether oxygens (including phenoxy) is 1. The average Bonchev–Trinajstić information content (AvgIpc) is 2.63. The lowest BCUT2D eigenvalue weighted by Crippen LogP contribution is -2.58. The molecule has 1 saturated heterocycles. The van der Waals surface area contributed by atoms with Crippen LogP contribution in [0, 0.1) is 5.92 Å². The molecule has 4 amide bonds. The van der Waals surface area contributed by atoms with Crippen molar-refractivity contribution in [2.24, 2.45) is 10.9 Å². The van der Waals surface area contributed by atoms with Crippen molar-refractivity contribution in [1.29, 1.82) is 0 Å². The monoisotopic (exact) mass is 371 g/mol. The molecule has 7 nitrogen and oxygen atoms in total. The molecule has 0 radical (unpaired) electrons. The van der Waals surface area contributed by atoms with E-state index in [9.17, 15) is 14.4 Å². The summed E-state index contributed by atoms with van der Waals surface area (Å²) in [5, 5.41) is 2.62. The van der Waals surface area contributed by atoms with Gasteiger partial charge in [0.25, 0.3) is 5.91 Å². The number of nitrogens with one attached hydrogen (secondary N) is 1. The van der Waals surface area contributed by atoms with Gasteiger partial charge in [-0.25, -0.2) is 9.69 Å². The fraction of sp³-hybridized carbons (Fsp3) is 0.111. The van der Waals surface area contributed by atoms with Crippen molar-refractivity contribution in [3.8, 4) is 5.75 Å². The van der Waals surface area contributed by atoms with E-state index in [1.165, 1.54) is 25.5 Å². The summed E-state index contributed by atoms with van der Waals surface area (Å²) >= 11 is 5.83. The Morgan fingerprint density at radius 1 is 1.12 bits per heavy atom. The van der Waals surface area contributed by atoms with E-state index >= 15 is 0 Å². The molecule has 26 heavy (non-hydrogen) atoms. The molecule has 0 bridgehead atoms. The van der Waals surface area contributed by atoms with Crippen LogP contribution >= 0.6 is 11.6 Å². The van der Waals surface area contributed by atoms with Crippen LogP contribution in [0.2, 0.25) is 5.02 Å². The average molecular weight is 372 g/mol. The third kappa shape index (κ3) is 3.43. The topological polar surface area (TPSA) is 88.1 Å². The zero-order valence-corrected chi connectivity index (χ0v) is 14.4. The molecular formula is C18H14ClN3O4. The van der Waals surface area contributed by atoms with Gasteiger partial charge in [0.1, 0.15) is 11.4 Å². The Balaban J connectivity index is 1.90. The highest BCUT2D eigenvalue weighted by atomic mass is 35.5. The van der Waals surface area contributed by atoms with E-state index in [1.807, 2.05) is 0 Å². The molecule has 0 spiro atoms. The van der Waals surface area contributed by atoms with Crippen molar-refractivity contribution in [3.05, 3.63) is 53.6 Å². The summed E-state index contributed by atoms with van der Waals surface area (Å²) in [4.78, 5) is 42.0. The lowest BCUT2D eigenvalue weighted by Gasteiger charge is -2.28. The molecule has 8 heteroatoms. The zero-order chi connectivity index (χ0) is 18.7. The summed E-state index contributed by atoms with van der Waals surface area (Å²) in [6.45, 7) is 0. The second-order valence-electron chi connectivity index (χ2n) is 5.37. The van der Waals surface area contributed by atoms with E-state index in [2.05, 4.69) is 10.3 Å². The molecule has 132 valence electrons. The first-order chi connectivity index (χ1) is 12.5. The number of carbonyl (C=O) groups is 3. The van der Waals surface area contributed by atoms with Crippen LogP contribution in [-0.2, 0) is 9.59 Å². The summed E-state index contributed by atoms with van der Waals surface area (Å²) in [6, 6.07) is 12.2. The van der Waals surface area contributed by atoms with Gasteiger partial charge in [-0.15, -0.1) is 0 Å². The first kappa shape index (κ1) is 17.6. The van der Waals surface area contributed by atoms with Gasteiger partial charge in [0.15, 0.2) is 5.92 Å². The second-order valence-corrected chi connectivity index (χ2v) is 5.81. The standard InChI is InChI=1S/C18H14ClN3O4/c1-26-15-5-3-2-4-14(15)20-10-13-16(23)21-18(25)22(17(13)24)12-8-6-11(19)7-9-12/h2-10,13H,1H3,(H,21,23,25)/t13-/m0/s1. The number of imide groups is 2. The predicted molar refractivity (Wildman–Crippen MR) is 97.1 cm³/mol. The largest absolute Gasteiger partial charge is 0.494 e. The lowest BCUT2D eigenvalue weighted by molar-refractivity contribution is -0.131. The molecule has 0 aliphatic carbocycles. The molecule has 2 aromatic carbocycles. The van der Waals surface area contributed by atoms with Crippen LogP contribution in [0.15, 0.2) is 53.5 Å². The van der Waals surface area contributed by atoms with Crippen molar-refractivity contribution in [2.75, 3.05) is 12.0 Å². The maximum Gasteiger partial charge on any atom is 0.335 e. The molecule has 0 aromatic heterocycles. The fourth-order valence-electron chi connectivity index (χ4n) is 2.45. The number of methoxy groups -OCH3 is 1. The maximum atomic E-state index is 12.7. The first-order valence-corrected chi connectivity index (χ1v) is 8.00. The molecule has 3 rings (SSSR count). The van der Waals surface area contributed by atoms with Gasteiger partial charge in [-0.2, -0.15) is 0 Å². The van der Waals surface area contributed by atoms with E-state index in [-0.39, 0.29) is 0 Å². The summed E-state index contributed by atoms with van der Waals surface area (Å²) in [5.74, 6) is -2.17. The smallest absolute Gasteiger partial charge is 0.335 e. The van der Waals surface area contributed by atoms with E-state index in [1.54, 1.807) is 36.4 Å². The van der Waals surface area contributed by atoms with Crippen LogP contribution < -0.4 is 15.0 Å². The number of anilines is 1. The van der Waals surface area contributed by atoms with Crippen molar-refractivity contribution < 1.29 is 19.1 Å². The number of halogens is 1. The molecule has 1 N–H and O–H groups in total. The van der Waals surface area contributed by atoms with Crippen LogP contribution in [0.4, 0.5) is 16.2 Å². The fourth-order valence-corrected chi connectivity index (χ4v) is 2.57. The Hall–Kier alpha value is -3.19. The van der Waals surface area contributed by atoms with Gasteiger partial charge in [0.2, 0.25) is 5.91 Å². The molecule has 1 aliphatic rings. The van der Waals surface area contributed by atoms with Crippen LogP contribution in [0.25, 0.3) is 0 Å². The molecule has 2 aromatic rings. The highest BCUT2D eigenvalue weighted by molar-refractivity contribution is 6.33. The molecule has 1 aliphatic heterocycles. The number of hydrogen-bond acceptors (Lipinski definition) is 5. The summed E-state index contributed by atoms with van der Waals surface area (Å²) < 4.78 is 5.18. The Labute approximate surface area is 154 Å². The number of aliphatic imine (C=N–C) groups is 1. The number of carbonyl (C=O) groups excluding carboxylic acids is 3. The second kappa shape index (κ2) is 7.37. The van der Waals surface area contributed by atoms with Gasteiger partial charge >= 0.3 is 6.03 Å². The zero-order valence-electron chi connectivity index (χ0n) is 13.7. The molecule has 0 unspecified atom stereocenters. The Kier molecular flexibility index (Phi) is 4.99. The van der Waals surface area contributed by atoms with Crippen molar-refractivity contribution in [2.45, 2.75) is 0 Å². The number of urea groups is 1. The highest BCUT2D eigenvalue weighted by Crippen LogP contribution is 2.27. The number of para-hydroxylation sites is 2. The third-order valence-corrected chi connectivity index (χ3v) is 3.99. The highest BCUT2D eigenvalue weighted by Gasteiger charge is 2.40. The van der Waals surface area contributed by atoms with Crippen LogP contribution in [0.3, 0.4) is 0 Å². The lowest BCUT2D eigenvalue weighted by atomic mass is 10.1. The third-order valence-electron chi connectivity index (χ3n) is 3.73. The number of rotatable bonds is 4. The number of barbiturate groups is 1. The quantitative estimate of drug-likeness (QED) is 0.661. The van der Waals surface area contributed by atoms with Crippen LogP contribution in [-0.4, -0.2) is 31.2 Å². The Morgan fingerprint density at radius 3 is 2.50 bits per heavy atom. The van der Waals surface area contributed by atoms with E-state index < -0.39 is 23.8 Å². The molecule has 1 fully saturated rings. The summed E-state index contributed by atoms with van der Waals surface area (Å²) in [5.41, 5.74) is 0.769. The number of hydrogen-bond donors (Lipinski definition) is 1. The van der Waals surface area contributed by atoms with Gasteiger partial charge < -0.3 is 4.74 Å². The minimum atomic E-state index is -1.24. The van der Waals surface area contributed by atoms with Gasteiger partial charge in [0.05, 0.1) is 12.8 Å². The first-order valence-electron chi connectivity index (χ1n) is 7.63. The molecule has 1 heterocycles. The van der Waals surface area contributed by atoms with Gasteiger partial charge in [-0.1, -0.05) is 23.7 Å². The number of nitrogens with zero attached hydrogens (tertiary/aromatic N) is 2. The minimum absolute atomic E-state index is 0.306.